The summed E-state index contributed by atoms with van der Waals surface area (Å²) in [4.78, 5) is 8.61. The summed E-state index contributed by atoms with van der Waals surface area (Å²) in [6.45, 7) is 6.66. The minimum Gasteiger partial charge on any atom is -0.386 e. The maximum Gasteiger partial charge on any atom is 0.131 e. The fourth-order valence-electron chi connectivity index (χ4n) is 1.92. The molecule has 0 radical (unpaired) electrons. The maximum atomic E-state index is 7.15. The zero-order valence-electron chi connectivity index (χ0n) is 12.1. The zero-order chi connectivity index (χ0) is 14.1. The first-order valence-electron chi connectivity index (χ1n) is 6.59. The quantitative estimate of drug-likeness (QED) is 0.539. The van der Waals surface area contributed by atoms with E-state index in [1.807, 2.05) is 12.3 Å². The predicted octanol–water partition coefficient (Wildman–Crippen LogP) is 0.378. The van der Waals surface area contributed by atoms with Gasteiger partial charge in [-0.15, -0.1) is 0 Å². The monoisotopic (exact) mass is 267 g/mol. The van der Waals surface area contributed by atoms with Crippen LogP contribution in [0.3, 0.4) is 0 Å². The van der Waals surface area contributed by atoms with E-state index in [0.717, 1.165) is 38.4 Å². The number of rotatable bonds is 6. The summed E-state index contributed by atoms with van der Waals surface area (Å²) in [5.74, 6) is 0.834. The van der Waals surface area contributed by atoms with Gasteiger partial charge >= 0.3 is 0 Å². The second-order valence-electron chi connectivity index (χ2n) is 4.76. The lowest BCUT2D eigenvalue weighted by Crippen LogP contribution is -2.46. The second-order valence-corrected chi connectivity index (χ2v) is 4.76. The van der Waals surface area contributed by atoms with Crippen LogP contribution in [0.1, 0.15) is 6.92 Å². The molecule has 1 heterocycles. The number of hydrogen-bond donors (Lipinski definition) is 2. The number of likely N-dealkylation sites (N-methyl/N-ethyl adjacent to an activating group) is 1. The van der Waals surface area contributed by atoms with Gasteiger partial charge in [-0.3, -0.25) is 5.41 Å². The summed E-state index contributed by atoms with van der Waals surface area (Å²) >= 11 is 0. The molecule has 108 valence electrons. The van der Waals surface area contributed by atoms with Crippen LogP contribution < -0.4 is 5.32 Å². The SMILES string of the molecule is COC[C@@H](C)N/C=C/C(=N\C=N)N1CCN(C)CC1. The minimum absolute atomic E-state index is 0.259. The van der Waals surface area contributed by atoms with E-state index in [1.54, 1.807) is 7.11 Å². The molecule has 0 spiro atoms. The van der Waals surface area contributed by atoms with Crippen molar-refractivity contribution in [1.29, 1.82) is 5.41 Å². The lowest BCUT2D eigenvalue weighted by atomic mass is 10.3. The van der Waals surface area contributed by atoms with Gasteiger partial charge < -0.3 is 19.9 Å². The molecule has 19 heavy (non-hydrogen) atoms. The number of aliphatic imine (C=N–C) groups is 1. The third-order valence-electron chi connectivity index (χ3n) is 3.05. The molecule has 6 nitrogen and oxygen atoms in total. The smallest absolute Gasteiger partial charge is 0.131 e. The standard InChI is InChI=1S/C13H25N5O/c1-12(10-19-3)15-5-4-13(16-11-14)18-8-6-17(2)7-9-18/h4-5,11-12,14-15H,6-10H2,1-3H3/b5-4+,14-11?,16-13+/t12-/m1/s1. The Kier molecular flexibility index (Phi) is 7.14. The molecule has 2 N–H and O–H groups in total. The lowest BCUT2D eigenvalue weighted by molar-refractivity contribution is 0.177. The summed E-state index contributed by atoms with van der Waals surface area (Å²) in [7, 11) is 3.81. The third kappa shape index (κ3) is 5.85. The molecule has 6 heteroatoms. The van der Waals surface area contributed by atoms with E-state index in [-0.39, 0.29) is 6.04 Å². The van der Waals surface area contributed by atoms with Crippen molar-refractivity contribution in [2.45, 2.75) is 13.0 Å². The Morgan fingerprint density at radius 1 is 1.42 bits per heavy atom. The Bertz CT molecular complexity index is 321. The Hall–Kier alpha value is -1.40. The largest absolute Gasteiger partial charge is 0.386 e. The van der Waals surface area contributed by atoms with Gasteiger partial charge in [-0.05, 0) is 20.0 Å². The van der Waals surface area contributed by atoms with Crippen molar-refractivity contribution in [3.8, 4) is 0 Å². The first-order valence-corrected chi connectivity index (χ1v) is 6.59. The van der Waals surface area contributed by atoms with Crippen LogP contribution in [0.4, 0.5) is 0 Å². The number of piperazine rings is 1. The maximum absolute atomic E-state index is 7.15. The second kappa shape index (κ2) is 8.66. The molecule has 1 aliphatic heterocycles. The van der Waals surface area contributed by atoms with Crippen molar-refractivity contribution in [1.82, 2.24) is 15.1 Å². The minimum atomic E-state index is 0.259. The van der Waals surface area contributed by atoms with Gasteiger partial charge in [0.05, 0.1) is 6.61 Å². The summed E-state index contributed by atoms with van der Waals surface area (Å²) in [6.07, 6.45) is 4.89. The molecular formula is C13H25N5O. The summed E-state index contributed by atoms with van der Waals surface area (Å²) < 4.78 is 5.06. The van der Waals surface area contributed by atoms with E-state index in [1.165, 1.54) is 0 Å². The average Bonchev–Trinajstić information content (AvgIpc) is 2.39. The molecule has 1 rings (SSSR count). The van der Waals surface area contributed by atoms with E-state index >= 15 is 0 Å². The van der Waals surface area contributed by atoms with E-state index < -0.39 is 0 Å². The van der Waals surface area contributed by atoms with Crippen molar-refractivity contribution in [2.24, 2.45) is 4.99 Å². The Labute approximate surface area is 115 Å². The number of nitrogens with one attached hydrogen (secondary N) is 2. The lowest BCUT2D eigenvalue weighted by Gasteiger charge is -2.33. The van der Waals surface area contributed by atoms with Crippen molar-refractivity contribution in [2.75, 3.05) is 46.9 Å². The highest BCUT2D eigenvalue weighted by atomic mass is 16.5. The average molecular weight is 267 g/mol. The van der Waals surface area contributed by atoms with Gasteiger partial charge in [0.2, 0.25) is 0 Å². The van der Waals surface area contributed by atoms with Crippen LogP contribution in [0.5, 0.6) is 0 Å². The Balaban J connectivity index is 2.51. The molecule has 0 unspecified atom stereocenters. The Morgan fingerprint density at radius 2 is 2.11 bits per heavy atom. The van der Waals surface area contributed by atoms with Crippen molar-refractivity contribution in [3.05, 3.63) is 12.3 Å². The predicted molar refractivity (Wildman–Crippen MR) is 78.9 cm³/mol. The van der Waals surface area contributed by atoms with Crippen LogP contribution >= 0.6 is 0 Å². The molecule has 0 amide bonds. The van der Waals surface area contributed by atoms with Gasteiger partial charge in [-0.1, -0.05) is 0 Å². The number of amidine groups is 1. The first-order chi connectivity index (χ1) is 9.17. The molecule has 1 fully saturated rings. The van der Waals surface area contributed by atoms with E-state index in [0.29, 0.717) is 6.61 Å². The first kappa shape index (κ1) is 15.7. The molecular weight excluding hydrogens is 242 g/mol. The molecule has 0 aliphatic carbocycles. The van der Waals surface area contributed by atoms with Crippen LogP contribution in [0.15, 0.2) is 17.3 Å². The molecule has 1 aliphatic rings. The van der Waals surface area contributed by atoms with E-state index in [9.17, 15) is 0 Å². The van der Waals surface area contributed by atoms with E-state index in [2.05, 4.69) is 34.1 Å². The molecule has 1 saturated heterocycles. The van der Waals surface area contributed by atoms with Gasteiger partial charge in [0.15, 0.2) is 0 Å². The zero-order valence-corrected chi connectivity index (χ0v) is 12.1. The van der Waals surface area contributed by atoms with Crippen LogP contribution in [0, 0.1) is 5.41 Å². The highest BCUT2D eigenvalue weighted by Crippen LogP contribution is 2.01. The Morgan fingerprint density at radius 3 is 2.68 bits per heavy atom. The van der Waals surface area contributed by atoms with Gasteiger partial charge in [-0.2, -0.15) is 0 Å². The highest BCUT2D eigenvalue weighted by molar-refractivity contribution is 5.97. The van der Waals surface area contributed by atoms with Crippen LogP contribution in [-0.4, -0.2) is 75.0 Å². The summed E-state index contributed by atoms with van der Waals surface area (Å²) in [5.41, 5.74) is 0. The van der Waals surface area contributed by atoms with Crippen molar-refractivity contribution < 1.29 is 4.74 Å². The van der Waals surface area contributed by atoms with Crippen LogP contribution in [0.25, 0.3) is 0 Å². The van der Waals surface area contributed by atoms with Gasteiger partial charge in [0.1, 0.15) is 12.2 Å². The number of methoxy groups -OCH3 is 1. The topological polar surface area (TPSA) is 64.0 Å². The molecule has 0 aromatic rings. The van der Waals surface area contributed by atoms with Gasteiger partial charge in [0, 0.05) is 45.5 Å². The summed E-state index contributed by atoms with van der Waals surface area (Å²) in [5, 5.41) is 10.4. The van der Waals surface area contributed by atoms with Gasteiger partial charge in [0.25, 0.3) is 0 Å². The van der Waals surface area contributed by atoms with Crippen LogP contribution in [-0.2, 0) is 4.74 Å². The molecule has 0 aromatic heterocycles. The molecule has 0 saturated carbocycles. The number of ether oxygens (including phenoxy) is 1. The molecule has 0 bridgehead atoms. The van der Waals surface area contributed by atoms with Crippen LogP contribution in [0.2, 0.25) is 0 Å². The normalized spacial score (nSPS) is 19.7. The fraction of sp³-hybridized carbons (Fsp3) is 0.692. The third-order valence-corrected chi connectivity index (χ3v) is 3.05. The number of hydrogen-bond acceptors (Lipinski definition) is 4. The van der Waals surface area contributed by atoms with E-state index in [4.69, 9.17) is 10.1 Å². The number of nitrogens with zero attached hydrogens (tertiary/aromatic N) is 3. The summed E-state index contributed by atoms with van der Waals surface area (Å²) in [6, 6.07) is 0.259. The van der Waals surface area contributed by atoms with Crippen molar-refractivity contribution >= 4 is 12.2 Å². The highest BCUT2D eigenvalue weighted by Gasteiger charge is 2.15. The molecule has 0 aromatic carbocycles. The van der Waals surface area contributed by atoms with Crippen molar-refractivity contribution in [3.63, 3.8) is 0 Å². The fourth-order valence-corrected chi connectivity index (χ4v) is 1.92. The molecule has 1 atom stereocenters. The van der Waals surface area contributed by atoms with Gasteiger partial charge in [-0.25, -0.2) is 4.99 Å².